The minimum atomic E-state index is -0.505. The van der Waals surface area contributed by atoms with Crippen molar-refractivity contribution in [1.29, 1.82) is 0 Å². The van der Waals surface area contributed by atoms with Gasteiger partial charge >= 0.3 is 0 Å². The van der Waals surface area contributed by atoms with Gasteiger partial charge in [-0.3, -0.25) is 9.59 Å². The quantitative estimate of drug-likeness (QED) is 0.744. The Labute approximate surface area is 183 Å². The predicted octanol–water partition coefficient (Wildman–Crippen LogP) is 4.91. The maximum atomic E-state index is 13.8. The van der Waals surface area contributed by atoms with E-state index in [1.807, 2.05) is 4.90 Å². The number of carbonyl (C=O) groups excluding carboxylic acids is 2. The highest BCUT2D eigenvalue weighted by molar-refractivity contribution is 5.94. The first-order valence-corrected chi connectivity index (χ1v) is 11.5. The second-order valence-electron chi connectivity index (χ2n) is 8.94. The first kappa shape index (κ1) is 21.5. The van der Waals surface area contributed by atoms with Gasteiger partial charge in [-0.15, -0.1) is 0 Å². The standard InChI is InChI=1S/C26H31FN2O2/c27-24-9-5-4-8-23(24)26(31)28-22-14-16-29(17-15-22)25(30)18-19-10-12-21(13-11-19)20-6-2-1-3-7-20/h1-9,19,21-22H,10-18H2,(H,28,31). The van der Waals surface area contributed by atoms with Crippen molar-refractivity contribution in [2.45, 2.75) is 56.9 Å². The van der Waals surface area contributed by atoms with E-state index in [0.717, 1.165) is 25.7 Å². The number of halogens is 1. The Morgan fingerprint density at radius 2 is 1.52 bits per heavy atom. The molecule has 2 aliphatic rings. The number of nitrogens with one attached hydrogen (secondary N) is 1. The van der Waals surface area contributed by atoms with Crippen molar-refractivity contribution in [1.82, 2.24) is 10.2 Å². The van der Waals surface area contributed by atoms with E-state index in [1.54, 1.807) is 12.1 Å². The van der Waals surface area contributed by atoms with Crippen LogP contribution in [0.15, 0.2) is 54.6 Å². The van der Waals surface area contributed by atoms with E-state index >= 15 is 0 Å². The van der Waals surface area contributed by atoms with Gasteiger partial charge in [0.15, 0.2) is 0 Å². The van der Waals surface area contributed by atoms with Crippen molar-refractivity contribution in [3.8, 4) is 0 Å². The van der Waals surface area contributed by atoms with Crippen LogP contribution < -0.4 is 5.32 Å². The number of benzene rings is 2. The van der Waals surface area contributed by atoms with Crippen LogP contribution in [-0.2, 0) is 4.79 Å². The summed E-state index contributed by atoms with van der Waals surface area (Å²) >= 11 is 0. The zero-order valence-electron chi connectivity index (χ0n) is 17.9. The monoisotopic (exact) mass is 422 g/mol. The van der Waals surface area contributed by atoms with Gasteiger partial charge in [-0.2, -0.15) is 0 Å². The fourth-order valence-electron chi connectivity index (χ4n) is 4.98. The summed E-state index contributed by atoms with van der Waals surface area (Å²) in [5, 5.41) is 2.92. The molecule has 1 saturated carbocycles. The Hall–Kier alpha value is -2.69. The Morgan fingerprint density at radius 1 is 0.871 bits per heavy atom. The first-order valence-electron chi connectivity index (χ1n) is 11.5. The number of rotatable bonds is 5. The normalized spacial score (nSPS) is 22.2. The molecule has 1 aliphatic heterocycles. The minimum absolute atomic E-state index is 0.0162. The Morgan fingerprint density at radius 3 is 2.19 bits per heavy atom. The number of hydrogen-bond acceptors (Lipinski definition) is 2. The van der Waals surface area contributed by atoms with E-state index in [0.29, 0.717) is 44.2 Å². The van der Waals surface area contributed by atoms with Crippen molar-refractivity contribution in [2.24, 2.45) is 5.92 Å². The summed E-state index contributed by atoms with van der Waals surface area (Å²) in [5.74, 6) is 0.460. The van der Waals surface area contributed by atoms with Crippen LogP contribution in [0.25, 0.3) is 0 Å². The lowest BCUT2D eigenvalue weighted by Gasteiger charge is -2.34. The van der Waals surface area contributed by atoms with Gasteiger partial charge in [-0.25, -0.2) is 4.39 Å². The van der Waals surface area contributed by atoms with Crippen molar-refractivity contribution < 1.29 is 14.0 Å². The molecule has 1 heterocycles. The van der Waals surface area contributed by atoms with Gasteiger partial charge in [0, 0.05) is 25.6 Å². The highest BCUT2D eigenvalue weighted by Crippen LogP contribution is 2.37. The zero-order chi connectivity index (χ0) is 21.6. The van der Waals surface area contributed by atoms with E-state index < -0.39 is 5.82 Å². The summed E-state index contributed by atoms with van der Waals surface area (Å²) in [6.07, 6.45) is 6.60. The topological polar surface area (TPSA) is 49.4 Å². The summed E-state index contributed by atoms with van der Waals surface area (Å²) in [5.41, 5.74) is 1.50. The summed E-state index contributed by atoms with van der Waals surface area (Å²) in [4.78, 5) is 27.1. The third kappa shape index (κ3) is 5.52. The van der Waals surface area contributed by atoms with Crippen LogP contribution in [0, 0.1) is 11.7 Å². The molecule has 31 heavy (non-hydrogen) atoms. The SMILES string of the molecule is O=C(NC1CCN(C(=O)CC2CCC(c3ccccc3)CC2)CC1)c1ccccc1F. The predicted molar refractivity (Wildman–Crippen MR) is 119 cm³/mol. The van der Waals surface area contributed by atoms with Crippen molar-refractivity contribution in [3.05, 3.63) is 71.5 Å². The van der Waals surface area contributed by atoms with E-state index in [1.165, 1.54) is 17.7 Å². The molecule has 0 unspecified atom stereocenters. The van der Waals surface area contributed by atoms with Crippen LogP contribution in [0.4, 0.5) is 4.39 Å². The van der Waals surface area contributed by atoms with Crippen LogP contribution in [0.2, 0.25) is 0 Å². The Bertz CT molecular complexity index is 885. The maximum absolute atomic E-state index is 13.8. The minimum Gasteiger partial charge on any atom is -0.349 e. The molecule has 5 heteroatoms. The summed E-state index contributed by atoms with van der Waals surface area (Å²) in [7, 11) is 0. The van der Waals surface area contributed by atoms with Gasteiger partial charge < -0.3 is 10.2 Å². The van der Waals surface area contributed by atoms with Crippen molar-refractivity contribution in [2.75, 3.05) is 13.1 Å². The van der Waals surface area contributed by atoms with Crippen LogP contribution in [0.3, 0.4) is 0 Å². The first-order chi connectivity index (χ1) is 15.1. The lowest BCUT2D eigenvalue weighted by Crippen LogP contribution is -2.47. The molecule has 1 saturated heterocycles. The molecular weight excluding hydrogens is 391 g/mol. The molecule has 164 valence electrons. The third-order valence-electron chi connectivity index (χ3n) is 6.88. The van der Waals surface area contributed by atoms with Gasteiger partial charge in [-0.05, 0) is 68.1 Å². The number of piperidine rings is 1. The van der Waals surface area contributed by atoms with Crippen molar-refractivity contribution in [3.63, 3.8) is 0 Å². The molecule has 0 bridgehead atoms. The molecular formula is C26H31FN2O2. The lowest BCUT2D eigenvalue weighted by atomic mass is 9.77. The van der Waals surface area contributed by atoms with Gasteiger partial charge in [0.1, 0.15) is 5.82 Å². The van der Waals surface area contributed by atoms with Gasteiger partial charge in [0.2, 0.25) is 5.91 Å². The zero-order valence-corrected chi connectivity index (χ0v) is 17.9. The van der Waals surface area contributed by atoms with Crippen molar-refractivity contribution >= 4 is 11.8 Å². The summed E-state index contributed by atoms with van der Waals surface area (Å²) in [6.45, 7) is 1.31. The van der Waals surface area contributed by atoms with Gasteiger partial charge in [-0.1, -0.05) is 42.5 Å². The maximum Gasteiger partial charge on any atom is 0.254 e. The molecule has 2 aromatic rings. The van der Waals surface area contributed by atoms with Gasteiger partial charge in [0.25, 0.3) is 5.91 Å². The Balaban J connectivity index is 1.19. The number of amides is 2. The fourth-order valence-corrected chi connectivity index (χ4v) is 4.98. The smallest absolute Gasteiger partial charge is 0.254 e. The molecule has 0 atom stereocenters. The molecule has 2 fully saturated rings. The number of likely N-dealkylation sites (tertiary alicyclic amines) is 1. The number of nitrogens with zero attached hydrogens (tertiary/aromatic N) is 1. The van der Waals surface area contributed by atoms with E-state index in [4.69, 9.17) is 0 Å². The number of carbonyl (C=O) groups is 2. The average Bonchev–Trinajstić information content (AvgIpc) is 2.81. The molecule has 1 aliphatic carbocycles. The fraction of sp³-hybridized carbons (Fsp3) is 0.462. The van der Waals surface area contributed by atoms with E-state index in [-0.39, 0.29) is 23.4 Å². The molecule has 0 spiro atoms. The molecule has 4 rings (SSSR count). The van der Waals surface area contributed by atoms with Crippen LogP contribution in [-0.4, -0.2) is 35.8 Å². The molecule has 4 nitrogen and oxygen atoms in total. The largest absolute Gasteiger partial charge is 0.349 e. The highest BCUT2D eigenvalue weighted by atomic mass is 19.1. The van der Waals surface area contributed by atoms with Crippen LogP contribution >= 0.6 is 0 Å². The molecule has 0 radical (unpaired) electrons. The second-order valence-corrected chi connectivity index (χ2v) is 8.94. The molecule has 1 N–H and O–H groups in total. The average molecular weight is 423 g/mol. The third-order valence-corrected chi connectivity index (χ3v) is 6.88. The van der Waals surface area contributed by atoms with Gasteiger partial charge in [0.05, 0.1) is 5.56 Å². The van der Waals surface area contributed by atoms with Crippen LogP contribution in [0.5, 0.6) is 0 Å². The molecule has 2 amide bonds. The van der Waals surface area contributed by atoms with E-state index in [9.17, 15) is 14.0 Å². The second kappa shape index (κ2) is 10.1. The summed E-state index contributed by atoms with van der Waals surface area (Å²) in [6, 6.07) is 16.7. The summed E-state index contributed by atoms with van der Waals surface area (Å²) < 4.78 is 13.8. The highest BCUT2D eigenvalue weighted by Gasteiger charge is 2.28. The Kier molecular flexibility index (Phi) is 7.00. The molecule has 2 aromatic carbocycles. The van der Waals surface area contributed by atoms with E-state index in [2.05, 4.69) is 35.6 Å². The molecule has 0 aromatic heterocycles. The lowest BCUT2D eigenvalue weighted by molar-refractivity contribution is -0.133. The van der Waals surface area contributed by atoms with Crippen LogP contribution in [0.1, 0.15) is 66.8 Å². The number of hydrogen-bond donors (Lipinski definition) is 1.